The molecule has 3 nitrogen and oxygen atoms in total. The SMILES string of the molecule is N#Cc1ccc(-c2cc3c(s2)c2cc(-c4ccc(C#N)c5ccccc45)sc2c2cc(-c4ccc(C#N)c5ccccc45)sc32)c2ccccc12. The molecule has 0 atom stereocenters. The molecule has 3 heterocycles. The average molecular weight is 700 g/mol. The summed E-state index contributed by atoms with van der Waals surface area (Å²) in [6.45, 7) is 0. The normalized spacial score (nSPS) is 11.5. The number of thiophene rings is 3. The molecule has 0 unspecified atom stereocenters. The van der Waals surface area contributed by atoms with E-state index in [9.17, 15) is 15.8 Å². The Morgan fingerprint density at radius 1 is 0.314 bits per heavy atom. The van der Waals surface area contributed by atoms with Crippen molar-refractivity contribution in [1.29, 1.82) is 15.8 Å². The van der Waals surface area contributed by atoms with Crippen molar-refractivity contribution < 1.29 is 0 Å². The van der Waals surface area contributed by atoms with Gasteiger partial charge in [0.1, 0.15) is 0 Å². The van der Waals surface area contributed by atoms with Crippen LogP contribution in [-0.2, 0) is 0 Å². The average Bonchev–Trinajstić information content (AvgIpc) is 3.94. The fraction of sp³-hybridized carbons (Fsp3) is 0. The monoisotopic (exact) mass is 699 g/mol. The highest BCUT2D eigenvalue weighted by Gasteiger charge is 2.21. The van der Waals surface area contributed by atoms with Gasteiger partial charge in [0, 0.05) is 61.0 Å². The van der Waals surface area contributed by atoms with E-state index < -0.39 is 0 Å². The topological polar surface area (TPSA) is 71.4 Å². The van der Waals surface area contributed by atoms with E-state index >= 15 is 0 Å². The molecular weight excluding hydrogens is 679 g/mol. The molecule has 7 aromatic carbocycles. The number of hydrogen-bond acceptors (Lipinski definition) is 6. The summed E-state index contributed by atoms with van der Waals surface area (Å²) in [7, 11) is 0. The molecule has 0 bridgehead atoms. The second-order valence-corrected chi connectivity index (χ2v) is 15.7. The Hall–Kier alpha value is -6.33. The first kappa shape index (κ1) is 29.6. The minimum atomic E-state index is 0.676. The first-order chi connectivity index (χ1) is 25.1. The zero-order chi connectivity index (χ0) is 34.2. The highest BCUT2D eigenvalue weighted by Crippen LogP contribution is 2.52. The van der Waals surface area contributed by atoms with E-state index in [0.717, 1.165) is 63.6 Å². The molecule has 0 aliphatic carbocycles. The fourth-order valence-corrected chi connectivity index (χ4v) is 11.4. The van der Waals surface area contributed by atoms with Crippen LogP contribution in [0.5, 0.6) is 0 Å². The van der Waals surface area contributed by atoms with Gasteiger partial charge in [0.05, 0.1) is 34.9 Å². The van der Waals surface area contributed by atoms with E-state index in [1.54, 1.807) is 34.0 Å². The van der Waals surface area contributed by atoms with Gasteiger partial charge in [-0.3, -0.25) is 0 Å². The summed E-state index contributed by atoms with van der Waals surface area (Å²) in [6.07, 6.45) is 0. The van der Waals surface area contributed by atoms with Crippen LogP contribution in [0.2, 0.25) is 0 Å². The molecule has 0 N–H and O–H groups in total. The Balaban J connectivity index is 1.29. The maximum atomic E-state index is 9.85. The third kappa shape index (κ3) is 4.37. The van der Waals surface area contributed by atoms with Gasteiger partial charge in [-0.1, -0.05) is 91.0 Å². The largest absolute Gasteiger partial charge is 0.192 e. The molecule has 0 amide bonds. The van der Waals surface area contributed by atoms with Crippen molar-refractivity contribution in [3.8, 4) is 49.5 Å². The highest BCUT2D eigenvalue weighted by molar-refractivity contribution is 7.30. The van der Waals surface area contributed by atoms with Gasteiger partial charge < -0.3 is 0 Å². The Bertz CT molecular complexity index is 2800. The maximum absolute atomic E-state index is 9.85. The van der Waals surface area contributed by atoms with Gasteiger partial charge in [-0.25, -0.2) is 0 Å². The quantitative estimate of drug-likeness (QED) is 0.184. The number of hydrogen-bond donors (Lipinski definition) is 0. The summed E-state index contributed by atoms with van der Waals surface area (Å²) in [4.78, 5) is 3.49. The van der Waals surface area contributed by atoms with Crippen LogP contribution >= 0.6 is 34.0 Å². The first-order valence-electron chi connectivity index (χ1n) is 16.3. The molecular formula is C45H21N3S3. The third-order valence-electron chi connectivity index (χ3n) is 9.86. The minimum Gasteiger partial charge on any atom is -0.192 e. The van der Waals surface area contributed by atoms with E-state index in [2.05, 4.69) is 72.8 Å². The molecule has 0 radical (unpaired) electrons. The highest BCUT2D eigenvalue weighted by atomic mass is 32.1. The lowest BCUT2D eigenvalue weighted by Gasteiger charge is -2.06. The van der Waals surface area contributed by atoms with Gasteiger partial charge in [0.15, 0.2) is 0 Å². The van der Waals surface area contributed by atoms with Crippen LogP contribution in [0.4, 0.5) is 0 Å². The van der Waals surface area contributed by atoms with Gasteiger partial charge in [-0.05, 0) is 69.2 Å². The molecule has 51 heavy (non-hydrogen) atoms. The van der Waals surface area contributed by atoms with Gasteiger partial charge in [0.2, 0.25) is 0 Å². The minimum absolute atomic E-state index is 0.676. The molecule has 10 rings (SSSR count). The predicted molar refractivity (Wildman–Crippen MR) is 216 cm³/mol. The summed E-state index contributed by atoms with van der Waals surface area (Å²) in [5.41, 5.74) is 5.39. The molecule has 0 saturated carbocycles. The Labute approximate surface area is 304 Å². The van der Waals surface area contributed by atoms with Gasteiger partial charge in [0.25, 0.3) is 0 Å². The summed E-state index contributed by atoms with van der Waals surface area (Å²) in [6, 6.07) is 50.7. The van der Waals surface area contributed by atoms with Crippen LogP contribution in [0.25, 0.3) is 93.9 Å². The molecule has 10 aromatic rings. The maximum Gasteiger partial charge on any atom is 0.0998 e. The van der Waals surface area contributed by atoms with Crippen LogP contribution in [0.15, 0.2) is 127 Å². The summed E-state index contributed by atoms with van der Waals surface area (Å²) in [5, 5.41) is 39.3. The van der Waals surface area contributed by atoms with Crippen molar-refractivity contribution in [2.45, 2.75) is 0 Å². The van der Waals surface area contributed by atoms with Crippen molar-refractivity contribution in [3.63, 3.8) is 0 Å². The van der Waals surface area contributed by atoms with E-state index in [-0.39, 0.29) is 0 Å². The zero-order valence-corrected chi connectivity index (χ0v) is 29.1. The lowest BCUT2D eigenvalue weighted by Crippen LogP contribution is -1.83. The van der Waals surface area contributed by atoms with Crippen molar-refractivity contribution in [3.05, 3.63) is 144 Å². The number of fused-ring (bicyclic) bond motifs is 9. The Kier molecular flexibility index (Phi) is 6.59. The van der Waals surface area contributed by atoms with Crippen molar-refractivity contribution in [1.82, 2.24) is 0 Å². The Morgan fingerprint density at radius 3 is 0.863 bits per heavy atom. The molecule has 0 aliphatic rings. The van der Waals surface area contributed by atoms with Gasteiger partial charge in [-0.2, -0.15) is 15.8 Å². The number of nitrogens with zero attached hydrogens (tertiary/aromatic N) is 3. The third-order valence-corrected chi connectivity index (χ3v) is 13.5. The zero-order valence-electron chi connectivity index (χ0n) is 26.7. The summed E-state index contributed by atoms with van der Waals surface area (Å²) < 4.78 is 3.71. The predicted octanol–water partition coefficient (Wildman–Crippen LogP) is 13.4. The van der Waals surface area contributed by atoms with Crippen molar-refractivity contribution >= 4 is 96.6 Å². The number of rotatable bonds is 3. The van der Waals surface area contributed by atoms with Crippen LogP contribution < -0.4 is 0 Å². The van der Waals surface area contributed by atoms with Crippen molar-refractivity contribution in [2.24, 2.45) is 0 Å². The molecule has 6 heteroatoms. The second-order valence-electron chi connectivity index (χ2n) is 12.5. The number of nitriles is 3. The van der Waals surface area contributed by atoms with Gasteiger partial charge >= 0.3 is 0 Å². The summed E-state index contributed by atoms with van der Waals surface area (Å²) >= 11 is 5.42. The summed E-state index contributed by atoms with van der Waals surface area (Å²) in [5.74, 6) is 0. The second kappa shape index (κ2) is 11.4. The van der Waals surface area contributed by atoms with Crippen molar-refractivity contribution in [2.75, 3.05) is 0 Å². The van der Waals surface area contributed by atoms with E-state index in [1.165, 1.54) is 30.3 Å². The lowest BCUT2D eigenvalue weighted by molar-refractivity contribution is 1.50. The molecule has 0 spiro atoms. The molecule has 0 saturated heterocycles. The van der Waals surface area contributed by atoms with Gasteiger partial charge in [-0.15, -0.1) is 34.0 Å². The first-order valence-corrected chi connectivity index (χ1v) is 18.8. The molecule has 234 valence electrons. The van der Waals surface area contributed by atoms with E-state index in [1.807, 2.05) is 72.8 Å². The van der Waals surface area contributed by atoms with Crippen LogP contribution in [0.3, 0.4) is 0 Å². The smallest absolute Gasteiger partial charge is 0.0998 e. The van der Waals surface area contributed by atoms with Crippen LogP contribution in [-0.4, -0.2) is 0 Å². The van der Waals surface area contributed by atoms with Crippen LogP contribution in [0, 0.1) is 34.0 Å². The molecule has 0 aliphatic heterocycles. The fourth-order valence-electron chi connectivity index (χ4n) is 7.51. The Morgan fingerprint density at radius 2 is 0.588 bits per heavy atom. The van der Waals surface area contributed by atoms with E-state index in [0.29, 0.717) is 16.7 Å². The molecule has 3 aromatic heterocycles. The lowest BCUT2D eigenvalue weighted by atomic mass is 9.98. The van der Waals surface area contributed by atoms with Crippen LogP contribution in [0.1, 0.15) is 16.7 Å². The van der Waals surface area contributed by atoms with E-state index in [4.69, 9.17) is 0 Å². The number of benzene rings is 7. The molecule has 0 fully saturated rings. The standard InChI is InChI=1S/C45H21N3S3/c46-22-25-13-16-34(31-10-4-1-7-28(25)31)40-19-37-43(49-40)38-20-41(35-17-14-26(23-47)29-8-2-5-11-32(29)35)51-45(38)39-21-42(50-44(37)39)36-18-15-27(24-48)30-9-3-6-12-33(30)36/h1-21H.